The monoisotopic (exact) mass is 561 g/mol. The molecule has 0 spiro atoms. The highest BCUT2D eigenvalue weighted by molar-refractivity contribution is 6.12. The summed E-state index contributed by atoms with van der Waals surface area (Å²) < 4.78 is 12.0. The van der Waals surface area contributed by atoms with Crippen molar-refractivity contribution in [3.05, 3.63) is 71.3 Å². The average Bonchev–Trinajstić information content (AvgIpc) is 2.95. The second-order valence-corrected chi connectivity index (χ2v) is 14.6. The molecule has 0 radical (unpaired) electrons. The van der Waals surface area contributed by atoms with E-state index < -0.39 is 0 Å². The molecule has 1 N–H and O–H groups in total. The van der Waals surface area contributed by atoms with E-state index in [9.17, 15) is 9.59 Å². The van der Waals surface area contributed by atoms with Gasteiger partial charge in [-0.1, -0.05) is 50.2 Å². The topological polar surface area (TPSA) is 64.6 Å². The number of rotatable bonds is 4. The summed E-state index contributed by atoms with van der Waals surface area (Å²) in [5.41, 5.74) is 4.66. The van der Waals surface area contributed by atoms with Crippen LogP contribution in [-0.2, 0) is 9.59 Å². The maximum atomic E-state index is 13.8. The van der Waals surface area contributed by atoms with Crippen molar-refractivity contribution >= 4 is 33.8 Å². The first-order valence-electron chi connectivity index (χ1n) is 15.7. The number of carbonyl (C=O) groups is 2. The maximum absolute atomic E-state index is 13.8. The highest BCUT2D eigenvalue weighted by Crippen LogP contribution is 2.60. The Morgan fingerprint density at radius 2 is 1.60 bits per heavy atom. The van der Waals surface area contributed by atoms with Gasteiger partial charge in [0.25, 0.3) is 0 Å². The smallest absolute Gasteiger partial charge is 0.317 e. The number of nitrogens with one attached hydrogen (secondary N) is 1. The van der Waals surface area contributed by atoms with E-state index in [0.717, 1.165) is 53.6 Å². The van der Waals surface area contributed by atoms with Crippen molar-refractivity contribution in [2.45, 2.75) is 71.3 Å². The van der Waals surface area contributed by atoms with Crippen molar-refractivity contribution in [2.24, 2.45) is 28.6 Å². The fourth-order valence-corrected chi connectivity index (χ4v) is 9.60. The predicted molar refractivity (Wildman–Crippen MR) is 164 cm³/mol. The van der Waals surface area contributed by atoms with Gasteiger partial charge in [0.15, 0.2) is 17.3 Å². The lowest BCUT2D eigenvalue weighted by molar-refractivity contribution is -0.161. The molecule has 4 saturated carbocycles. The number of hydrogen-bond donors (Lipinski definition) is 1. The fraction of sp³-hybridized carbons (Fsp3) is 0.459. The molecule has 1 unspecified atom stereocenters. The molecule has 4 fully saturated rings. The third-order valence-electron chi connectivity index (χ3n) is 10.9. The van der Waals surface area contributed by atoms with Crippen LogP contribution in [0.4, 0.5) is 5.69 Å². The summed E-state index contributed by atoms with van der Waals surface area (Å²) >= 11 is 0. The molecule has 4 bridgehead atoms. The van der Waals surface area contributed by atoms with Gasteiger partial charge in [0.05, 0.1) is 18.6 Å². The molecule has 0 aromatic heterocycles. The number of carbonyl (C=O) groups excluding carboxylic acids is 2. The summed E-state index contributed by atoms with van der Waals surface area (Å²) in [5, 5.41) is 6.06. The van der Waals surface area contributed by atoms with E-state index in [1.807, 2.05) is 18.2 Å². The number of hydrogen-bond acceptors (Lipinski definition) is 5. The van der Waals surface area contributed by atoms with Gasteiger partial charge in [-0.15, -0.1) is 0 Å². The second-order valence-electron chi connectivity index (χ2n) is 14.6. The number of benzene rings is 3. The molecule has 1 atom stereocenters. The molecule has 1 heterocycles. The number of esters is 1. The number of ketones is 1. The van der Waals surface area contributed by atoms with Crippen LogP contribution in [0.15, 0.2) is 60.2 Å². The number of methoxy groups -OCH3 is 1. The third kappa shape index (κ3) is 4.03. The fourth-order valence-electron chi connectivity index (χ4n) is 9.60. The minimum absolute atomic E-state index is 0.0843. The van der Waals surface area contributed by atoms with Crippen molar-refractivity contribution in [2.75, 3.05) is 12.4 Å². The largest absolute Gasteiger partial charge is 0.493 e. The van der Waals surface area contributed by atoms with Gasteiger partial charge in [-0.05, 0) is 108 Å². The summed E-state index contributed by atoms with van der Waals surface area (Å²) in [6.45, 7) is 4.37. The Morgan fingerprint density at radius 3 is 2.31 bits per heavy atom. The number of anilines is 1. The standard InChI is InChI=1S/C37H39NO4/c1-36(2)19-27-32-26-7-5-4-6-24(26)8-10-28(32)38-34(33(27)29(39)20-36)25-9-11-30(31(15-25)41-3)42-35(40)37-16-21-12-22(17-37)14-23(13-21)18-37/h4-11,15,21-23,34,38H,12-14,16-20H2,1-3H3. The van der Waals surface area contributed by atoms with Gasteiger partial charge in [-0.2, -0.15) is 0 Å². The summed E-state index contributed by atoms with van der Waals surface area (Å²) in [6.07, 6.45) is 8.10. The molecule has 0 amide bonds. The molecule has 9 rings (SSSR count). The Balaban J connectivity index is 1.16. The number of ether oxygens (including phenoxy) is 2. The van der Waals surface area contributed by atoms with Crippen molar-refractivity contribution < 1.29 is 19.1 Å². The number of Topliss-reactive ketones (excluding diaryl/α,β-unsaturated/α-hetero) is 1. The highest BCUT2D eigenvalue weighted by atomic mass is 16.6. The first-order valence-corrected chi connectivity index (χ1v) is 15.7. The van der Waals surface area contributed by atoms with Crippen LogP contribution in [-0.4, -0.2) is 18.9 Å². The lowest BCUT2D eigenvalue weighted by Gasteiger charge is -2.55. The Morgan fingerprint density at radius 1 is 0.881 bits per heavy atom. The molecule has 5 heteroatoms. The Bertz CT molecular complexity index is 1640. The van der Waals surface area contributed by atoms with Gasteiger partial charge >= 0.3 is 5.97 Å². The van der Waals surface area contributed by atoms with Gasteiger partial charge in [0, 0.05) is 23.2 Å². The summed E-state index contributed by atoms with van der Waals surface area (Å²) in [6, 6.07) is 18.2. The molecule has 5 nitrogen and oxygen atoms in total. The number of allylic oxidation sites excluding steroid dienone is 1. The number of fused-ring (bicyclic) bond motifs is 4. The zero-order valence-electron chi connectivity index (χ0n) is 24.8. The van der Waals surface area contributed by atoms with Crippen LogP contribution in [0.1, 0.15) is 82.4 Å². The first kappa shape index (κ1) is 26.1. The second kappa shape index (κ2) is 9.20. The van der Waals surface area contributed by atoms with Crippen LogP contribution >= 0.6 is 0 Å². The van der Waals surface area contributed by atoms with Gasteiger partial charge in [-0.3, -0.25) is 9.59 Å². The predicted octanol–water partition coefficient (Wildman–Crippen LogP) is 8.28. The van der Waals surface area contributed by atoms with Gasteiger partial charge in [-0.25, -0.2) is 0 Å². The lowest BCUT2D eigenvalue weighted by atomic mass is 9.49. The first-order chi connectivity index (χ1) is 20.2. The Kier molecular flexibility index (Phi) is 5.71. The van der Waals surface area contributed by atoms with E-state index in [4.69, 9.17) is 9.47 Å². The van der Waals surface area contributed by atoms with Gasteiger partial charge < -0.3 is 14.8 Å². The molecule has 3 aromatic carbocycles. The average molecular weight is 562 g/mol. The lowest BCUT2D eigenvalue weighted by Crippen LogP contribution is -2.51. The summed E-state index contributed by atoms with van der Waals surface area (Å²) in [5.74, 6) is 3.12. The van der Waals surface area contributed by atoms with Crippen molar-refractivity contribution in [1.29, 1.82) is 0 Å². The Hall–Kier alpha value is -3.60. The van der Waals surface area contributed by atoms with Gasteiger partial charge in [0.1, 0.15) is 0 Å². The van der Waals surface area contributed by atoms with E-state index in [-0.39, 0.29) is 28.6 Å². The van der Waals surface area contributed by atoms with E-state index in [0.29, 0.717) is 35.7 Å². The van der Waals surface area contributed by atoms with Crippen LogP contribution in [0.2, 0.25) is 0 Å². The van der Waals surface area contributed by atoms with E-state index in [1.54, 1.807) is 7.11 Å². The van der Waals surface area contributed by atoms with Crippen LogP contribution in [0.5, 0.6) is 11.5 Å². The molecule has 42 heavy (non-hydrogen) atoms. The summed E-state index contributed by atoms with van der Waals surface area (Å²) in [7, 11) is 1.62. The van der Waals surface area contributed by atoms with E-state index in [1.165, 1.54) is 30.0 Å². The molecule has 0 saturated heterocycles. The Labute approximate surface area is 247 Å². The third-order valence-corrected chi connectivity index (χ3v) is 10.9. The molecular formula is C37H39NO4. The SMILES string of the molecule is COc1cc(C2Nc3ccc4ccccc4c3C3=C2C(=O)CC(C)(C)C3)ccc1OC(=O)C12CC3CC(CC(C3)C1)C2. The van der Waals surface area contributed by atoms with Crippen molar-refractivity contribution in [3.63, 3.8) is 0 Å². The zero-order valence-corrected chi connectivity index (χ0v) is 24.8. The molecule has 5 aliphatic carbocycles. The normalized spacial score (nSPS) is 30.5. The minimum atomic E-state index is -0.336. The molecular weight excluding hydrogens is 522 g/mol. The minimum Gasteiger partial charge on any atom is -0.493 e. The molecule has 3 aromatic rings. The van der Waals surface area contributed by atoms with Gasteiger partial charge in [0.2, 0.25) is 0 Å². The van der Waals surface area contributed by atoms with Crippen LogP contribution < -0.4 is 14.8 Å². The maximum Gasteiger partial charge on any atom is 0.317 e. The van der Waals surface area contributed by atoms with E-state index in [2.05, 4.69) is 55.6 Å². The highest BCUT2D eigenvalue weighted by Gasteiger charge is 2.55. The quantitative estimate of drug-likeness (QED) is 0.257. The van der Waals surface area contributed by atoms with Crippen molar-refractivity contribution in [3.8, 4) is 11.5 Å². The van der Waals surface area contributed by atoms with Crippen LogP contribution in [0.3, 0.4) is 0 Å². The van der Waals surface area contributed by atoms with E-state index >= 15 is 0 Å². The van der Waals surface area contributed by atoms with Crippen molar-refractivity contribution in [1.82, 2.24) is 0 Å². The van der Waals surface area contributed by atoms with Crippen LogP contribution in [0.25, 0.3) is 16.3 Å². The zero-order chi connectivity index (χ0) is 28.8. The van der Waals surface area contributed by atoms with Crippen LogP contribution in [0, 0.1) is 28.6 Å². The summed E-state index contributed by atoms with van der Waals surface area (Å²) in [4.78, 5) is 27.6. The molecule has 6 aliphatic rings. The molecule has 1 aliphatic heterocycles. The molecule has 216 valence electrons.